The summed E-state index contributed by atoms with van der Waals surface area (Å²) in [4.78, 5) is 24.8. The minimum absolute atomic E-state index is 0.0187. The van der Waals surface area contributed by atoms with Crippen molar-refractivity contribution in [1.29, 1.82) is 0 Å². The molecular formula is C14H20N2O2. The number of amides is 2. The molecular weight excluding hydrogens is 228 g/mol. The first-order valence-corrected chi connectivity index (χ1v) is 6.14. The third-order valence-electron chi connectivity index (χ3n) is 2.77. The van der Waals surface area contributed by atoms with Crippen LogP contribution in [0.1, 0.15) is 38.1 Å². The average molecular weight is 248 g/mol. The summed E-state index contributed by atoms with van der Waals surface area (Å²) in [6.45, 7) is 8.07. The second-order valence-electron chi connectivity index (χ2n) is 4.44. The van der Waals surface area contributed by atoms with Crippen LogP contribution in [0.5, 0.6) is 0 Å². The molecule has 0 radical (unpaired) electrons. The minimum atomic E-state index is -0.122. The van der Waals surface area contributed by atoms with Gasteiger partial charge in [0.25, 0.3) is 0 Å². The van der Waals surface area contributed by atoms with Gasteiger partial charge in [0, 0.05) is 23.8 Å². The van der Waals surface area contributed by atoms with Gasteiger partial charge >= 0.3 is 6.03 Å². The molecule has 2 amide bonds. The van der Waals surface area contributed by atoms with Gasteiger partial charge in [-0.05, 0) is 52.0 Å². The highest BCUT2D eigenvalue weighted by atomic mass is 16.2. The molecule has 18 heavy (non-hydrogen) atoms. The van der Waals surface area contributed by atoms with Crippen molar-refractivity contribution in [2.75, 3.05) is 11.9 Å². The van der Waals surface area contributed by atoms with Crippen LogP contribution in [0.25, 0.3) is 0 Å². The largest absolute Gasteiger partial charge is 0.322 e. The van der Waals surface area contributed by atoms with Gasteiger partial charge in [0.15, 0.2) is 5.78 Å². The molecule has 0 aliphatic heterocycles. The highest BCUT2D eigenvalue weighted by Gasteiger charge is 2.14. The molecule has 0 aliphatic rings. The maximum absolute atomic E-state index is 12.0. The highest BCUT2D eigenvalue weighted by molar-refractivity contribution is 5.95. The summed E-state index contributed by atoms with van der Waals surface area (Å²) < 4.78 is 0. The summed E-state index contributed by atoms with van der Waals surface area (Å²) >= 11 is 0. The lowest BCUT2D eigenvalue weighted by atomic mass is 10.1. The summed E-state index contributed by atoms with van der Waals surface area (Å²) in [5.41, 5.74) is 1.34. The van der Waals surface area contributed by atoms with Crippen molar-refractivity contribution >= 4 is 17.5 Å². The van der Waals surface area contributed by atoms with Gasteiger partial charge in [-0.1, -0.05) is 0 Å². The van der Waals surface area contributed by atoms with Gasteiger partial charge < -0.3 is 10.2 Å². The Labute approximate surface area is 108 Å². The smallest absolute Gasteiger partial charge is 0.322 e. The number of benzene rings is 1. The zero-order chi connectivity index (χ0) is 13.7. The fourth-order valence-electron chi connectivity index (χ4n) is 1.73. The predicted octanol–water partition coefficient (Wildman–Crippen LogP) is 3.15. The Kier molecular flexibility index (Phi) is 4.89. The first kappa shape index (κ1) is 14.2. The Balaban J connectivity index is 2.73. The van der Waals surface area contributed by atoms with Crippen LogP contribution in [-0.2, 0) is 0 Å². The van der Waals surface area contributed by atoms with Crippen molar-refractivity contribution in [3.05, 3.63) is 29.8 Å². The van der Waals surface area contributed by atoms with Crippen LogP contribution in [0.3, 0.4) is 0 Å². The van der Waals surface area contributed by atoms with E-state index in [0.29, 0.717) is 17.8 Å². The maximum Gasteiger partial charge on any atom is 0.322 e. The fraction of sp³-hybridized carbons (Fsp3) is 0.429. The monoisotopic (exact) mass is 248 g/mol. The molecule has 0 atom stereocenters. The van der Waals surface area contributed by atoms with E-state index in [1.807, 2.05) is 20.8 Å². The van der Waals surface area contributed by atoms with Crippen LogP contribution in [0, 0.1) is 0 Å². The van der Waals surface area contributed by atoms with Crippen molar-refractivity contribution in [3.8, 4) is 0 Å². The van der Waals surface area contributed by atoms with E-state index in [1.54, 1.807) is 29.2 Å². The van der Waals surface area contributed by atoms with E-state index >= 15 is 0 Å². The highest BCUT2D eigenvalue weighted by Crippen LogP contribution is 2.11. The number of nitrogens with one attached hydrogen (secondary N) is 1. The Morgan fingerprint density at radius 1 is 1.22 bits per heavy atom. The van der Waals surface area contributed by atoms with Crippen LogP contribution in [-0.4, -0.2) is 29.3 Å². The third-order valence-corrected chi connectivity index (χ3v) is 2.77. The molecule has 0 bridgehead atoms. The molecule has 0 aromatic heterocycles. The Morgan fingerprint density at radius 2 is 1.78 bits per heavy atom. The number of carbonyl (C=O) groups is 2. The van der Waals surface area contributed by atoms with Gasteiger partial charge in [-0.15, -0.1) is 0 Å². The number of urea groups is 1. The standard InChI is InChI=1S/C14H20N2O2/c1-5-16(10(2)3)14(18)15-13-8-6-12(7-9-13)11(4)17/h6-10H,5H2,1-4H3,(H,15,18). The summed E-state index contributed by atoms with van der Waals surface area (Å²) in [6, 6.07) is 6.94. The summed E-state index contributed by atoms with van der Waals surface area (Å²) in [6.07, 6.45) is 0. The van der Waals surface area contributed by atoms with Crippen molar-refractivity contribution in [2.45, 2.75) is 33.7 Å². The Bertz CT molecular complexity index is 424. The van der Waals surface area contributed by atoms with Crippen LogP contribution in [0.4, 0.5) is 10.5 Å². The Hall–Kier alpha value is -1.84. The lowest BCUT2D eigenvalue weighted by molar-refractivity contribution is 0.101. The molecule has 98 valence electrons. The molecule has 1 N–H and O–H groups in total. The van der Waals surface area contributed by atoms with Crippen LogP contribution >= 0.6 is 0 Å². The summed E-state index contributed by atoms with van der Waals surface area (Å²) in [7, 11) is 0. The number of carbonyl (C=O) groups excluding carboxylic acids is 2. The topological polar surface area (TPSA) is 49.4 Å². The lowest BCUT2D eigenvalue weighted by Gasteiger charge is -2.25. The number of anilines is 1. The number of hydrogen-bond acceptors (Lipinski definition) is 2. The van der Waals surface area contributed by atoms with Gasteiger partial charge in [-0.2, -0.15) is 0 Å². The van der Waals surface area contributed by atoms with E-state index < -0.39 is 0 Å². The number of ketones is 1. The number of hydrogen-bond donors (Lipinski definition) is 1. The quantitative estimate of drug-likeness (QED) is 0.832. The molecule has 0 heterocycles. The molecule has 1 aromatic carbocycles. The molecule has 0 fully saturated rings. The van der Waals surface area contributed by atoms with Crippen LogP contribution in [0.2, 0.25) is 0 Å². The average Bonchev–Trinajstić information content (AvgIpc) is 2.29. The van der Waals surface area contributed by atoms with Gasteiger partial charge in [-0.3, -0.25) is 4.79 Å². The minimum Gasteiger partial charge on any atom is -0.322 e. The molecule has 0 saturated heterocycles. The van der Waals surface area contributed by atoms with E-state index in [9.17, 15) is 9.59 Å². The maximum atomic E-state index is 12.0. The first-order chi connectivity index (χ1) is 8.45. The second kappa shape index (κ2) is 6.19. The molecule has 0 aliphatic carbocycles. The van der Waals surface area contributed by atoms with Crippen molar-refractivity contribution in [3.63, 3.8) is 0 Å². The van der Waals surface area contributed by atoms with Gasteiger partial charge in [0.2, 0.25) is 0 Å². The lowest BCUT2D eigenvalue weighted by Crippen LogP contribution is -2.39. The van der Waals surface area contributed by atoms with Crippen LogP contribution in [0.15, 0.2) is 24.3 Å². The van der Waals surface area contributed by atoms with Gasteiger partial charge in [0.05, 0.1) is 0 Å². The molecule has 0 unspecified atom stereocenters. The molecule has 1 rings (SSSR count). The molecule has 4 nitrogen and oxygen atoms in total. The van der Waals surface area contributed by atoms with Crippen molar-refractivity contribution in [1.82, 2.24) is 4.90 Å². The predicted molar refractivity (Wildman–Crippen MR) is 73.0 cm³/mol. The number of nitrogens with zero attached hydrogens (tertiary/aromatic N) is 1. The zero-order valence-electron chi connectivity index (χ0n) is 11.4. The van der Waals surface area contributed by atoms with Crippen LogP contribution < -0.4 is 5.32 Å². The molecule has 4 heteroatoms. The van der Waals surface area contributed by atoms with Gasteiger partial charge in [0.1, 0.15) is 0 Å². The van der Waals surface area contributed by atoms with E-state index in [0.717, 1.165) is 0 Å². The molecule has 0 spiro atoms. The zero-order valence-corrected chi connectivity index (χ0v) is 11.4. The van der Waals surface area contributed by atoms with Crippen molar-refractivity contribution in [2.24, 2.45) is 0 Å². The normalized spacial score (nSPS) is 10.3. The molecule has 1 aromatic rings. The second-order valence-corrected chi connectivity index (χ2v) is 4.44. The molecule has 0 saturated carbocycles. The van der Waals surface area contributed by atoms with E-state index in [-0.39, 0.29) is 17.9 Å². The number of rotatable bonds is 4. The SMILES string of the molecule is CCN(C(=O)Nc1ccc(C(C)=O)cc1)C(C)C. The van der Waals surface area contributed by atoms with E-state index in [4.69, 9.17) is 0 Å². The summed E-state index contributed by atoms with van der Waals surface area (Å²) in [5.74, 6) is 0.0187. The Morgan fingerprint density at radius 3 is 2.17 bits per heavy atom. The first-order valence-electron chi connectivity index (χ1n) is 6.14. The van der Waals surface area contributed by atoms with Gasteiger partial charge in [-0.25, -0.2) is 4.79 Å². The third kappa shape index (κ3) is 3.58. The van der Waals surface area contributed by atoms with Crippen molar-refractivity contribution < 1.29 is 9.59 Å². The summed E-state index contributed by atoms with van der Waals surface area (Å²) in [5, 5.41) is 2.82. The van der Waals surface area contributed by atoms with E-state index in [2.05, 4.69) is 5.32 Å². The van der Waals surface area contributed by atoms with E-state index in [1.165, 1.54) is 6.92 Å². The fourth-order valence-corrected chi connectivity index (χ4v) is 1.73. The number of Topliss-reactive ketones (excluding diaryl/α,β-unsaturated/α-hetero) is 1.